The van der Waals surface area contributed by atoms with Gasteiger partial charge in [0.25, 0.3) is 5.91 Å². The zero-order chi connectivity index (χ0) is 22.1. The van der Waals surface area contributed by atoms with Crippen LogP contribution in [-0.4, -0.2) is 54.0 Å². The molecule has 2 atom stereocenters. The van der Waals surface area contributed by atoms with Gasteiger partial charge < -0.3 is 25.8 Å². The molecule has 0 saturated carbocycles. The van der Waals surface area contributed by atoms with Crippen molar-refractivity contribution in [2.45, 2.75) is 51.6 Å². The maximum atomic E-state index is 12.6. The summed E-state index contributed by atoms with van der Waals surface area (Å²) in [5.74, 6) is -2.05. The Hall–Kier alpha value is -3.10. The summed E-state index contributed by atoms with van der Waals surface area (Å²) in [6.45, 7) is 4.51. The number of ether oxygens (including phenoxy) is 1. The lowest BCUT2D eigenvalue weighted by molar-refractivity contribution is -0.139. The highest BCUT2D eigenvalue weighted by Gasteiger charge is 2.26. The van der Waals surface area contributed by atoms with Crippen LogP contribution in [0.1, 0.15) is 49.9 Å². The molecule has 0 aliphatic carbocycles. The van der Waals surface area contributed by atoms with Gasteiger partial charge >= 0.3 is 5.97 Å². The third kappa shape index (κ3) is 7.06. The van der Waals surface area contributed by atoms with Gasteiger partial charge in [0.05, 0.1) is 12.2 Å². The van der Waals surface area contributed by atoms with Crippen LogP contribution in [0.4, 0.5) is 0 Å². The predicted octanol–water partition coefficient (Wildman–Crippen LogP) is 1.08. The number of nitrogens with one attached hydrogen (secondary N) is 3. The summed E-state index contributed by atoms with van der Waals surface area (Å²) < 4.78 is 5.67. The average molecular weight is 419 g/mol. The normalized spacial score (nSPS) is 21.6. The van der Waals surface area contributed by atoms with E-state index in [-0.39, 0.29) is 36.8 Å². The van der Waals surface area contributed by atoms with E-state index >= 15 is 0 Å². The minimum Gasteiger partial charge on any atom is -0.493 e. The number of rotatable bonds is 3. The second-order valence-electron chi connectivity index (χ2n) is 7.64. The number of aliphatic carboxylic acids is 1. The van der Waals surface area contributed by atoms with Gasteiger partial charge in [-0.05, 0) is 37.3 Å². The zero-order valence-corrected chi connectivity index (χ0v) is 17.3. The van der Waals surface area contributed by atoms with Gasteiger partial charge in [-0.1, -0.05) is 26.0 Å². The van der Waals surface area contributed by atoms with Crippen LogP contribution in [0.5, 0.6) is 5.75 Å². The highest BCUT2D eigenvalue weighted by molar-refractivity contribution is 5.99. The van der Waals surface area contributed by atoms with Crippen molar-refractivity contribution >= 4 is 23.7 Å². The molecule has 1 unspecified atom stereocenters. The molecule has 0 bridgehead atoms. The second-order valence-corrected chi connectivity index (χ2v) is 7.64. The van der Waals surface area contributed by atoms with Crippen LogP contribution in [0, 0.1) is 5.92 Å². The lowest BCUT2D eigenvalue weighted by Crippen LogP contribution is -2.48. The second kappa shape index (κ2) is 11.2. The van der Waals surface area contributed by atoms with Gasteiger partial charge in [0, 0.05) is 13.0 Å². The van der Waals surface area contributed by atoms with Crippen LogP contribution in [0.25, 0.3) is 0 Å². The summed E-state index contributed by atoms with van der Waals surface area (Å²) in [6, 6.07) is 4.57. The van der Waals surface area contributed by atoms with Crippen molar-refractivity contribution in [1.82, 2.24) is 16.0 Å². The molecule has 2 rings (SSSR count). The highest BCUT2D eigenvalue weighted by atomic mass is 16.5. The van der Waals surface area contributed by atoms with E-state index in [2.05, 4.69) is 16.0 Å². The Labute approximate surface area is 175 Å². The zero-order valence-electron chi connectivity index (χ0n) is 17.3. The fourth-order valence-corrected chi connectivity index (χ4v) is 3.11. The third-order valence-electron chi connectivity index (χ3n) is 4.63. The van der Waals surface area contributed by atoms with Gasteiger partial charge in [0.1, 0.15) is 17.8 Å². The topological polar surface area (TPSA) is 134 Å². The molecule has 1 aliphatic rings. The van der Waals surface area contributed by atoms with Gasteiger partial charge in [0.15, 0.2) is 0 Å². The number of fused-ring (bicyclic) bond motifs is 1. The smallest absolute Gasteiger partial charge is 0.326 e. The monoisotopic (exact) mass is 419 g/mol. The van der Waals surface area contributed by atoms with Crippen LogP contribution in [-0.2, 0) is 14.4 Å². The first-order chi connectivity index (χ1) is 14.3. The summed E-state index contributed by atoms with van der Waals surface area (Å²) in [7, 11) is 0. The summed E-state index contributed by atoms with van der Waals surface area (Å²) in [6.07, 6.45) is 0.714. The SMILES string of the molecule is CC(C)CC1NC(=O)CC[C@@H](C(=O)O)NC(=O)c2ccccc2OCCCNC1=O. The van der Waals surface area contributed by atoms with Crippen molar-refractivity contribution in [2.75, 3.05) is 13.2 Å². The summed E-state index contributed by atoms with van der Waals surface area (Å²) in [5, 5.41) is 17.4. The predicted molar refractivity (Wildman–Crippen MR) is 109 cm³/mol. The molecular weight excluding hydrogens is 390 g/mol. The van der Waals surface area contributed by atoms with Crippen LogP contribution in [0.2, 0.25) is 0 Å². The van der Waals surface area contributed by atoms with Gasteiger partial charge in [-0.2, -0.15) is 0 Å². The number of hydrogen-bond donors (Lipinski definition) is 4. The molecule has 9 heteroatoms. The molecule has 0 aromatic heterocycles. The quantitative estimate of drug-likeness (QED) is 0.579. The number of carboxylic acid groups (broad SMARTS) is 1. The van der Waals surface area contributed by atoms with Crippen molar-refractivity contribution < 1.29 is 29.0 Å². The highest BCUT2D eigenvalue weighted by Crippen LogP contribution is 2.18. The maximum absolute atomic E-state index is 12.6. The van der Waals surface area contributed by atoms with E-state index in [1.807, 2.05) is 13.8 Å². The molecule has 164 valence electrons. The number of carbonyl (C=O) groups excluding carboxylic acids is 3. The van der Waals surface area contributed by atoms with Crippen molar-refractivity contribution in [3.05, 3.63) is 29.8 Å². The molecule has 30 heavy (non-hydrogen) atoms. The summed E-state index contributed by atoms with van der Waals surface area (Å²) in [4.78, 5) is 49.0. The fraction of sp³-hybridized carbons (Fsp3) is 0.524. The average Bonchev–Trinajstić information content (AvgIpc) is 2.69. The Morgan fingerprint density at radius 1 is 1.20 bits per heavy atom. The molecule has 0 spiro atoms. The molecule has 0 saturated heterocycles. The molecule has 4 N–H and O–H groups in total. The Morgan fingerprint density at radius 2 is 1.93 bits per heavy atom. The van der Waals surface area contributed by atoms with Gasteiger partial charge in [-0.25, -0.2) is 4.79 Å². The van der Waals surface area contributed by atoms with Gasteiger partial charge in [-0.15, -0.1) is 0 Å². The molecule has 9 nitrogen and oxygen atoms in total. The Balaban J connectivity index is 2.21. The Morgan fingerprint density at radius 3 is 2.63 bits per heavy atom. The van der Waals surface area contributed by atoms with E-state index < -0.39 is 29.9 Å². The Bertz CT molecular complexity index is 780. The fourth-order valence-electron chi connectivity index (χ4n) is 3.11. The van der Waals surface area contributed by atoms with Crippen molar-refractivity contribution in [2.24, 2.45) is 5.92 Å². The first-order valence-electron chi connectivity index (χ1n) is 10.1. The van der Waals surface area contributed by atoms with Crippen molar-refractivity contribution in [1.29, 1.82) is 0 Å². The van der Waals surface area contributed by atoms with E-state index in [0.717, 1.165) is 0 Å². The van der Waals surface area contributed by atoms with Gasteiger partial charge in [-0.3, -0.25) is 14.4 Å². The van der Waals surface area contributed by atoms with Crippen LogP contribution in [0.3, 0.4) is 0 Å². The first kappa shape index (κ1) is 23.2. The number of carboxylic acids is 1. The third-order valence-corrected chi connectivity index (χ3v) is 4.63. The largest absolute Gasteiger partial charge is 0.493 e. The minimum atomic E-state index is -1.25. The molecule has 3 amide bonds. The number of para-hydroxylation sites is 1. The van der Waals surface area contributed by atoms with Crippen LogP contribution < -0.4 is 20.7 Å². The molecule has 0 radical (unpaired) electrons. The van der Waals surface area contributed by atoms with Crippen LogP contribution >= 0.6 is 0 Å². The van der Waals surface area contributed by atoms with E-state index in [1.165, 1.54) is 6.07 Å². The maximum Gasteiger partial charge on any atom is 0.326 e. The molecule has 1 aromatic rings. The van der Waals surface area contributed by atoms with Gasteiger partial charge in [0.2, 0.25) is 11.8 Å². The minimum absolute atomic E-state index is 0.105. The van der Waals surface area contributed by atoms with E-state index in [9.17, 15) is 24.3 Å². The molecular formula is C21H29N3O6. The molecule has 0 fully saturated rings. The number of hydrogen-bond acceptors (Lipinski definition) is 5. The Kier molecular flexibility index (Phi) is 8.64. The van der Waals surface area contributed by atoms with Crippen molar-refractivity contribution in [3.8, 4) is 5.75 Å². The summed E-state index contributed by atoms with van der Waals surface area (Å²) in [5.41, 5.74) is 0.210. The van der Waals surface area contributed by atoms with E-state index in [0.29, 0.717) is 25.1 Å². The van der Waals surface area contributed by atoms with Crippen LogP contribution in [0.15, 0.2) is 24.3 Å². The number of benzene rings is 1. The van der Waals surface area contributed by atoms with Crippen molar-refractivity contribution in [3.63, 3.8) is 0 Å². The van der Waals surface area contributed by atoms with E-state index in [4.69, 9.17) is 4.74 Å². The molecule has 1 aromatic carbocycles. The lowest BCUT2D eigenvalue weighted by Gasteiger charge is -2.21. The standard InChI is InChI=1S/C21H29N3O6/c1-13(2)12-16-20(27)22-10-5-11-30-17-7-4-3-6-14(17)19(26)24-15(21(28)29)8-9-18(25)23-16/h3-4,6-7,13,15-16H,5,8-12H2,1-2H3,(H,22,27)(H,23,25)(H,24,26)(H,28,29)/t15-,16?/m0/s1. The summed E-state index contributed by atoms with van der Waals surface area (Å²) >= 11 is 0. The number of carbonyl (C=O) groups is 4. The number of amides is 3. The lowest BCUT2D eigenvalue weighted by atomic mass is 10.0. The van der Waals surface area contributed by atoms with E-state index in [1.54, 1.807) is 18.2 Å². The molecule has 1 aliphatic heterocycles. The molecule has 1 heterocycles. The first-order valence-corrected chi connectivity index (χ1v) is 10.1.